The van der Waals surface area contributed by atoms with E-state index in [0.29, 0.717) is 16.8 Å². The molecule has 1 heterocycles. The van der Waals surface area contributed by atoms with Gasteiger partial charge in [0.25, 0.3) is 5.56 Å². The molecule has 0 radical (unpaired) electrons. The van der Waals surface area contributed by atoms with Gasteiger partial charge < -0.3 is 9.88 Å². The molecule has 142 valence electrons. The summed E-state index contributed by atoms with van der Waals surface area (Å²) in [6, 6.07) is 19.2. The number of hydrogen-bond acceptors (Lipinski definition) is 3. The van der Waals surface area contributed by atoms with Crippen molar-refractivity contribution in [3.05, 3.63) is 93.3 Å². The Bertz CT molecular complexity index is 1380. The molecule has 1 aliphatic rings. The van der Waals surface area contributed by atoms with Crippen LogP contribution in [0.2, 0.25) is 0 Å². The first-order chi connectivity index (χ1) is 14.0. The highest BCUT2D eigenvalue weighted by Crippen LogP contribution is 2.42. The van der Waals surface area contributed by atoms with E-state index < -0.39 is 0 Å². The van der Waals surface area contributed by atoms with Crippen molar-refractivity contribution < 1.29 is 4.79 Å². The molecular weight excluding hydrogens is 360 g/mol. The van der Waals surface area contributed by atoms with Gasteiger partial charge in [0.05, 0.1) is 5.52 Å². The number of benzene rings is 3. The Balaban J connectivity index is 1.91. The lowest BCUT2D eigenvalue weighted by atomic mass is 9.83. The minimum atomic E-state index is -0.118. The van der Waals surface area contributed by atoms with Crippen LogP contribution in [0.5, 0.6) is 0 Å². The summed E-state index contributed by atoms with van der Waals surface area (Å²) >= 11 is 0. The van der Waals surface area contributed by atoms with Gasteiger partial charge in [-0.15, -0.1) is 0 Å². The van der Waals surface area contributed by atoms with E-state index in [1.54, 1.807) is 11.6 Å². The molecule has 5 rings (SSSR count). The van der Waals surface area contributed by atoms with Crippen LogP contribution < -0.4 is 10.9 Å². The molecule has 0 amide bonds. The summed E-state index contributed by atoms with van der Waals surface area (Å²) in [5.74, 6) is -0.00491. The first kappa shape index (κ1) is 17.4. The van der Waals surface area contributed by atoms with Crippen molar-refractivity contribution in [1.82, 2.24) is 4.57 Å². The smallest absolute Gasteiger partial charge is 0.275 e. The van der Waals surface area contributed by atoms with Crippen molar-refractivity contribution in [2.45, 2.75) is 13.8 Å². The molecule has 0 unspecified atom stereocenters. The van der Waals surface area contributed by atoms with Gasteiger partial charge in [-0.05, 0) is 48.7 Å². The lowest BCUT2D eigenvalue weighted by molar-refractivity contribution is 0.104. The second-order valence-electron chi connectivity index (χ2n) is 7.69. The zero-order chi connectivity index (χ0) is 20.3. The molecule has 1 aromatic heterocycles. The van der Waals surface area contributed by atoms with Crippen molar-refractivity contribution in [3.63, 3.8) is 0 Å². The van der Waals surface area contributed by atoms with Crippen molar-refractivity contribution in [3.8, 4) is 11.1 Å². The Hall–Kier alpha value is -3.66. The number of anilines is 2. The molecule has 0 bridgehead atoms. The number of carbonyl (C=O) groups is 1. The number of nitrogens with zero attached hydrogens (tertiary/aromatic N) is 1. The number of pyridine rings is 1. The fourth-order valence-corrected chi connectivity index (χ4v) is 4.40. The third-order valence-corrected chi connectivity index (χ3v) is 5.60. The Morgan fingerprint density at radius 1 is 0.793 bits per heavy atom. The fraction of sp³-hybridized carbons (Fsp3) is 0.120. The monoisotopic (exact) mass is 380 g/mol. The second kappa shape index (κ2) is 6.17. The first-order valence-electron chi connectivity index (χ1n) is 9.61. The number of fused-ring (bicyclic) bond motifs is 2. The summed E-state index contributed by atoms with van der Waals surface area (Å²) in [5.41, 5.74) is 7.10. The molecule has 4 aromatic rings. The third-order valence-electron chi connectivity index (χ3n) is 5.60. The maximum Gasteiger partial charge on any atom is 0.275 e. The van der Waals surface area contributed by atoms with Crippen LogP contribution in [-0.4, -0.2) is 10.4 Å². The molecule has 4 nitrogen and oxygen atoms in total. The van der Waals surface area contributed by atoms with Gasteiger partial charge in [-0.1, -0.05) is 42.5 Å². The van der Waals surface area contributed by atoms with E-state index in [1.807, 2.05) is 68.4 Å². The van der Waals surface area contributed by atoms with Crippen LogP contribution in [0.3, 0.4) is 0 Å². The third kappa shape index (κ3) is 2.53. The van der Waals surface area contributed by atoms with Gasteiger partial charge in [-0.3, -0.25) is 9.59 Å². The minimum absolute atomic E-state index is 0.00491. The summed E-state index contributed by atoms with van der Waals surface area (Å²) in [6.45, 7) is 4.07. The zero-order valence-electron chi connectivity index (χ0n) is 16.5. The maximum atomic E-state index is 13.4. The van der Waals surface area contributed by atoms with Crippen molar-refractivity contribution in [2.24, 2.45) is 7.05 Å². The standard InChI is InChI=1S/C25H20N2O2/c1-14-11-15(2)13-16(12-14)26-23-22-17-7-4-5-8-18(17)24(28)19-9-6-10-20(21(19)22)27(3)25(23)29/h4-13,26H,1-3H3. The van der Waals surface area contributed by atoms with Crippen LogP contribution in [0.4, 0.5) is 11.4 Å². The van der Waals surface area contributed by atoms with Gasteiger partial charge in [0.15, 0.2) is 5.78 Å². The molecule has 29 heavy (non-hydrogen) atoms. The molecule has 0 spiro atoms. The van der Waals surface area contributed by atoms with E-state index in [2.05, 4.69) is 11.4 Å². The molecule has 0 fully saturated rings. The summed E-state index contributed by atoms with van der Waals surface area (Å²) in [7, 11) is 1.75. The summed E-state index contributed by atoms with van der Waals surface area (Å²) in [6.07, 6.45) is 0. The SMILES string of the molecule is Cc1cc(C)cc(Nc2c3c4c(cccc4n(C)c2=O)C(=O)c2ccccc2-3)c1. The van der Waals surface area contributed by atoms with Crippen LogP contribution in [0.15, 0.2) is 65.5 Å². The number of rotatable bonds is 2. The van der Waals surface area contributed by atoms with E-state index in [1.165, 1.54) is 0 Å². The Morgan fingerprint density at radius 2 is 1.45 bits per heavy atom. The van der Waals surface area contributed by atoms with E-state index in [0.717, 1.165) is 38.8 Å². The fourth-order valence-electron chi connectivity index (χ4n) is 4.40. The van der Waals surface area contributed by atoms with Gasteiger partial charge in [0.1, 0.15) is 5.69 Å². The van der Waals surface area contributed by atoms with E-state index in [9.17, 15) is 9.59 Å². The zero-order valence-corrected chi connectivity index (χ0v) is 16.5. The number of nitrogens with one attached hydrogen (secondary N) is 1. The first-order valence-corrected chi connectivity index (χ1v) is 9.61. The molecule has 4 heteroatoms. The molecule has 1 aliphatic carbocycles. The van der Waals surface area contributed by atoms with Crippen LogP contribution in [-0.2, 0) is 7.05 Å². The quantitative estimate of drug-likeness (QED) is 0.463. The minimum Gasteiger partial charge on any atom is -0.350 e. The lowest BCUT2D eigenvalue weighted by Crippen LogP contribution is -2.24. The lowest BCUT2D eigenvalue weighted by Gasteiger charge is -2.24. The number of aromatic nitrogens is 1. The Kier molecular flexibility index (Phi) is 3.71. The van der Waals surface area contributed by atoms with Crippen LogP contribution in [0.25, 0.3) is 22.0 Å². The molecule has 0 saturated carbocycles. The normalized spacial score (nSPS) is 12.2. The average Bonchev–Trinajstić information content (AvgIpc) is 2.70. The highest BCUT2D eigenvalue weighted by molar-refractivity contribution is 6.27. The molecule has 0 saturated heterocycles. The molecular formula is C25H20N2O2. The number of hydrogen-bond donors (Lipinski definition) is 1. The molecule has 1 N–H and O–H groups in total. The predicted octanol–water partition coefficient (Wildman–Crippen LogP) is 5.11. The highest BCUT2D eigenvalue weighted by Gasteiger charge is 2.29. The summed E-state index contributed by atoms with van der Waals surface area (Å²) < 4.78 is 1.62. The van der Waals surface area contributed by atoms with Crippen molar-refractivity contribution >= 4 is 28.1 Å². The van der Waals surface area contributed by atoms with Gasteiger partial charge >= 0.3 is 0 Å². The summed E-state index contributed by atoms with van der Waals surface area (Å²) in [5, 5.41) is 4.20. The Labute approximate surface area is 168 Å². The Morgan fingerprint density at radius 3 is 2.17 bits per heavy atom. The van der Waals surface area contributed by atoms with Crippen molar-refractivity contribution in [2.75, 3.05) is 5.32 Å². The number of ketones is 1. The second-order valence-corrected chi connectivity index (χ2v) is 7.69. The van der Waals surface area contributed by atoms with E-state index in [4.69, 9.17) is 0 Å². The van der Waals surface area contributed by atoms with Gasteiger partial charge in [-0.2, -0.15) is 0 Å². The molecule has 0 atom stereocenters. The van der Waals surface area contributed by atoms with Gasteiger partial charge in [0.2, 0.25) is 0 Å². The van der Waals surface area contributed by atoms with E-state index >= 15 is 0 Å². The molecule has 3 aromatic carbocycles. The highest BCUT2D eigenvalue weighted by atomic mass is 16.1. The maximum absolute atomic E-state index is 13.4. The number of aryl methyl sites for hydroxylation is 3. The van der Waals surface area contributed by atoms with Crippen LogP contribution >= 0.6 is 0 Å². The predicted molar refractivity (Wildman–Crippen MR) is 117 cm³/mol. The molecule has 0 aliphatic heterocycles. The topological polar surface area (TPSA) is 51.1 Å². The average molecular weight is 380 g/mol. The van der Waals surface area contributed by atoms with Gasteiger partial charge in [-0.25, -0.2) is 0 Å². The largest absolute Gasteiger partial charge is 0.350 e. The van der Waals surface area contributed by atoms with Gasteiger partial charge in [0, 0.05) is 34.8 Å². The summed E-state index contributed by atoms with van der Waals surface area (Å²) in [4.78, 5) is 26.5. The van der Waals surface area contributed by atoms with Crippen LogP contribution in [0.1, 0.15) is 27.0 Å². The van der Waals surface area contributed by atoms with Crippen molar-refractivity contribution in [1.29, 1.82) is 0 Å². The number of carbonyl (C=O) groups excluding carboxylic acids is 1. The van der Waals surface area contributed by atoms with Crippen LogP contribution in [0, 0.1) is 13.8 Å². The van der Waals surface area contributed by atoms with E-state index in [-0.39, 0.29) is 11.3 Å².